The predicted octanol–water partition coefficient (Wildman–Crippen LogP) is 2.46. The maximum atomic E-state index is 11.9. The molecule has 1 aromatic carbocycles. The van der Waals surface area contributed by atoms with Gasteiger partial charge in [-0.3, -0.25) is 10.1 Å². The molecule has 0 bridgehead atoms. The molecular formula is C14H11N5O2. The smallest absolute Gasteiger partial charge is 0.321 e. The maximum absolute atomic E-state index is 11.9. The first kappa shape index (κ1) is 12.8. The number of nitrogens with zero attached hydrogens (tertiary/aromatic N) is 3. The molecule has 21 heavy (non-hydrogen) atoms. The van der Waals surface area contributed by atoms with Gasteiger partial charge in [-0.1, -0.05) is 29.4 Å². The Kier molecular flexibility index (Phi) is 3.55. The van der Waals surface area contributed by atoms with Crippen LogP contribution in [-0.2, 0) is 0 Å². The van der Waals surface area contributed by atoms with Crippen LogP contribution in [0.3, 0.4) is 0 Å². The lowest BCUT2D eigenvalue weighted by molar-refractivity contribution is 0.0991. The van der Waals surface area contributed by atoms with Gasteiger partial charge in [-0.2, -0.15) is 0 Å². The van der Waals surface area contributed by atoms with Crippen molar-refractivity contribution in [2.45, 2.75) is 0 Å². The highest BCUT2D eigenvalue weighted by atomic mass is 16.4. The third kappa shape index (κ3) is 3.21. The number of anilines is 3. The highest BCUT2D eigenvalue weighted by Gasteiger charge is 2.15. The lowest BCUT2D eigenvalue weighted by atomic mass is 10.3. The van der Waals surface area contributed by atoms with Gasteiger partial charge in [0.15, 0.2) is 0 Å². The fourth-order valence-corrected chi connectivity index (χ4v) is 1.62. The van der Waals surface area contributed by atoms with Crippen LogP contribution in [0, 0.1) is 0 Å². The first-order valence-corrected chi connectivity index (χ1v) is 6.19. The van der Waals surface area contributed by atoms with E-state index in [0.717, 1.165) is 0 Å². The molecule has 2 N–H and O–H groups in total. The molecule has 0 aliphatic heterocycles. The molecule has 0 aliphatic rings. The summed E-state index contributed by atoms with van der Waals surface area (Å²) in [4.78, 5) is 16.0. The van der Waals surface area contributed by atoms with Crippen LogP contribution in [0.4, 0.5) is 17.5 Å². The van der Waals surface area contributed by atoms with Crippen molar-refractivity contribution >= 4 is 23.4 Å². The summed E-state index contributed by atoms with van der Waals surface area (Å²) in [7, 11) is 0. The second-order valence-electron chi connectivity index (χ2n) is 4.07. The zero-order chi connectivity index (χ0) is 14.5. The first-order valence-electron chi connectivity index (χ1n) is 6.19. The molecule has 0 fully saturated rings. The van der Waals surface area contributed by atoms with Crippen molar-refractivity contribution in [1.82, 2.24) is 15.2 Å². The summed E-state index contributed by atoms with van der Waals surface area (Å²) < 4.78 is 5.24. The topological polar surface area (TPSA) is 92.9 Å². The van der Waals surface area contributed by atoms with Crippen LogP contribution < -0.4 is 10.6 Å². The molecule has 1 amide bonds. The highest BCUT2D eigenvalue weighted by molar-refractivity contribution is 6.00. The summed E-state index contributed by atoms with van der Waals surface area (Å²) in [6, 6.07) is 14.5. The van der Waals surface area contributed by atoms with Crippen LogP contribution in [0.2, 0.25) is 0 Å². The lowest BCUT2D eigenvalue weighted by Crippen LogP contribution is -2.12. The molecular weight excluding hydrogens is 270 g/mol. The molecule has 7 nitrogen and oxygen atoms in total. The zero-order valence-corrected chi connectivity index (χ0v) is 10.9. The number of para-hydroxylation sites is 1. The number of rotatable bonds is 4. The Morgan fingerprint density at radius 1 is 1.00 bits per heavy atom. The van der Waals surface area contributed by atoms with E-state index in [-0.39, 0.29) is 11.9 Å². The Labute approximate surface area is 120 Å². The van der Waals surface area contributed by atoms with Crippen molar-refractivity contribution in [3.8, 4) is 0 Å². The molecule has 7 heteroatoms. The molecule has 3 rings (SSSR count). The summed E-state index contributed by atoms with van der Waals surface area (Å²) in [5.41, 5.74) is 0.653. The fraction of sp³-hybridized carbons (Fsp3) is 0. The van der Waals surface area contributed by atoms with Crippen LogP contribution in [0.1, 0.15) is 10.7 Å². The molecule has 2 heterocycles. The summed E-state index contributed by atoms with van der Waals surface area (Å²) in [6.07, 6.45) is 1.63. The van der Waals surface area contributed by atoms with Crippen molar-refractivity contribution in [1.29, 1.82) is 0 Å². The van der Waals surface area contributed by atoms with E-state index in [1.165, 1.54) is 0 Å². The number of nitrogens with one attached hydrogen (secondary N) is 2. The van der Waals surface area contributed by atoms with E-state index in [1.54, 1.807) is 30.5 Å². The SMILES string of the molecule is O=C(Nc1ccccc1)c1nnc(Nc2ccccn2)o1. The van der Waals surface area contributed by atoms with Gasteiger partial charge in [0.05, 0.1) is 0 Å². The van der Waals surface area contributed by atoms with Crippen molar-refractivity contribution in [2.24, 2.45) is 0 Å². The van der Waals surface area contributed by atoms with E-state index in [4.69, 9.17) is 4.42 Å². The Bertz CT molecular complexity index is 727. The molecule has 0 radical (unpaired) electrons. The van der Waals surface area contributed by atoms with E-state index < -0.39 is 5.91 Å². The van der Waals surface area contributed by atoms with Gasteiger partial charge in [-0.25, -0.2) is 4.98 Å². The number of amides is 1. The minimum Gasteiger partial charge on any atom is -0.399 e. The van der Waals surface area contributed by atoms with Gasteiger partial charge in [0.1, 0.15) is 5.82 Å². The summed E-state index contributed by atoms with van der Waals surface area (Å²) in [5, 5.41) is 12.9. The molecule has 0 atom stereocenters. The standard InChI is InChI=1S/C14H11N5O2/c20-12(16-10-6-2-1-3-7-10)13-18-19-14(21-13)17-11-8-4-5-9-15-11/h1-9H,(H,16,20)(H,15,17,19). The average molecular weight is 281 g/mol. The van der Waals surface area contributed by atoms with Crippen LogP contribution in [0.15, 0.2) is 59.1 Å². The number of benzene rings is 1. The Balaban J connectivity index is 1.68. The molecule has 0 saturated heterocycles. The van der Waals surface area contributed by atoms with Gasteiger partial charge >= 0.3 is 17.8 Å². The van der Waals surface area contributed by atoms with E-state index in [2.05, 4.69) is 25.8 Å². The number of aromatic nitrogens is 3. The predicted molar refractivity (Wildman–Crippen MR) is 76.2 cm³/mol. The van der Waals surface area contributed by atoms with E-state index in [1.807, 2.05) is 24.3 Å². The summed E-state index contributed by atoms with van der Waals surface area (Å²) >= 11 is 0. The lowest BCUT2D eigenvalue weighted by Gasteiger charge is -2.00. The third-order valence-electron chi connectivity index (χ3n) is 2.55. The Morgan fingerprint density at radius 3 is 2.57 bits per heavy atom. The summed E-state index contributed by atoms with van der Waals surface area (Å²) in [6.45, 7) is 0. The van der Waals surface area contributed by atoms with Crippen LogP contribution in [-0.4, -0.2) is 21.1 Å². The highest BCUT2D eigenvalue weighted by Crippen LogP contribution is 2.13. The van der Waals surface area contributed by atoms with Crippen LogP contribution >= 0.6 is 0 Å². The van der Waals surface area contributed by atoms with Gasteiger partial charge in [-0.15, -0.1) is 5.10 Å². The molecule has 0 saturated carbocycles. The fourth-order valence-electron chi connectivity index (χ4n) is 1.62. The van der Waals surface area contributed by atoms with Gasteiger partial charge in [0.2, 0.25) is 0 Å². The van der Waals surface area contributed by atoms with Crippen LogP contribution in [0.5, 0.6) is 0 Å². The molecule has 0 aliphatic carbocycles. The molecule has 104 valence electrons. The second kappa shape index (κ2) is 5.83. The molecule has 3 aromatic rings. The number of hydrogen-bond donors (Lipinski definition) is 2. The number of pyridine rings is 1. The van der Waals surface area contributed by atoms with Gasteiger partial charge in [-0.05, 0) is 24.3 Å². The Morgan fingerprint density at radius 2 is 1.81 bits per heavy atom. The van der Waals surface area contributed by atoms with Crippen molar-refractivity contribution in [3.05, 3.63) is 60.6 Å². The first-order chi connectivity index (χ1) is 10.3. The minimum absolute atomic E-state index is 0.104. The molecule has 0 spiro atoms. The second-order valence-corrected chi connectivity index (χ2v) is 4.07. The molecule has 0 unspecified atom stereocenters. The number of carbonyl (C=O) groups excluding carboxylic acids is 1. The van der Waals surface area contributed by atoms with Crippen molar-refractivity contribution in [2.75, 3.05) is 10.6 Å². The third-order valence-corrected chi connectivity index (χ3v) is 2.55. The van der Waals surface area contributed by atoms with E-state index >= 15 is 0 Å². The van der Waals surface area contributed by atoms with Gasteiger partial charge in [0.25, 0.3) is 0 Å². The Hall–Kier alpha value is -3.22. The van der Waals surface area contributed by atoms with Gasteiger partial charge < -0.3 is 9.73 Å². The summed E-state index contributed by atoms with van der Waals surface area (Å²) in [5.74, 6) is -0.0452. The maximum Gasteiger partial charge on any atom is 0.321 e. The van der Waals surface area contributed by atoms with Gasteiger partial charge in [0, 0.05) is 11.9 Å². The minimum atomic E-state index is -0.470. The van der Waals surface area contributed by atoms with Crippen molar-refractivity contribution in [3.63, 3.8) is 0 Å². The monoisotopic (exact) mass is 281 g/mol. The van der Waals surface area contributed by atoms with Crippen LogP contribution in [0.25, 0.3) is 0 Å². The van der Waals surface area contributed by atoms with Crippen molar-refractivity contribution < 1.29 is 9.21 Å². The normalized spacial score (nSPS) is 10.1. The average Bonchev–Trinajstić information content (AvgIpc) is 2.98. The quantitative estimate of drug-likeness (QED) is 0.763. The van der Waals surface area contributed by atoms with E-state index in [9.17, 15) is 4.79 Å². The largest absolute Gasteiger partial charge is 0.399 e. The number of hydrogen-bond acceptors (Lipinski definition) is 6. The number of carbonyl (C=O) groups is 1. The zero-order valence-electron chi connectivity index (χ0n) is 10.9. The molecule has 2 aromatic heterocycles. The van der Waals surface area contributed by atoms with E-state index in [0.29, 0.717) is 11.5 Å².